The van der Waals surface area contributed by atoms with E-state index >= 15 is 0 Å². The summed E-state index contributed by atoms with van der Waals surface area (Å²) in [5, 5.41) is 3.26. The highest BCUT2D eigenvalue weighted by molar-refractivity contribution is 5.78. The van der Waals surface area contributed by atoms with Crippen LogP contribution in [0.1, 0.15) is 41.0 Å². The predicted molar refractivity (Wildman–Crippen MR) is 60.6 cm³/mol. The third kappa shape index (κ3) is 2.71. The van der Waals surface area contributed by atoms with Gasteiger partial charge in [0.05, 0.1) is 5.41 Å². The largest absolute Gasteiger partial charge is 0.459 e. The van der Waals surface area contributed by atoms with Crippen LogP contribution in [0.3, 0.4) is 0 Å². The molecule has 1 aliphatic rings. The molecule has 3 nitrogen and oxygen atoms in total. The van der Waals surface area contributed by atoms with Crippen molar-refractivity contribution < 1.29 is 9.53 Å². The number of esters is 1. The zero-order valence-electron chi connectivity index (χ0n) is 10.5. The van der Waals surface area contributed by atoms with E-state index in [4.69, 9.17) is 4.74 Å². The number of carbonyl (C=O) groups is 1. The second-order valence-corrected chi connectivity index (χ2v) is 5.74. The number of nitrogens with one attached hydrogen (secondary N) is 1. The first-order valence-corrected chi connectivity index (χ1v) is 5.72. The van der Waals surface area contributed by atoms with Crippen LogP contribution in [0.5, 0.6) is 0 Å². The van der Waals surface area contributed by atoms with Gasteiger partial charge in [0.2, 0.25) is 0 Å². The molecular formula is C12H23NO2. The summed E-state index contributed by atoms with van der Waals surface area (Å²) in [6.07, 6.45) is 0.888. The molecule has 0 spiro atoms. The topological polar surface area (TPSA) is 38.3 Å². The Morgan fingerprint density at radius 1 is 1.40 bits per heavy atom. The van der Waals surface area contributed by atoms with E-state index in [-0.39, 0.29) is 17.0 Å². The van der Waals surface area contributed by atoms with Crippen LogP contribution in [0, 0.1) is 11.3 Å². The summed E-state index contributed by atoms with van der Waals surface area (Å²) >= 11 is 0. The summed E-state index contributed by atoms with van der Waals surface area (Å²) in [6.45, 7) is 11.6. The summed E-state index contributed by atoms with van der Waals surface area (Å²) in [5.41, 5.74) is -0.700. The van der Waals surface area contributed by atoms with E-state index in [1.54, 1.807) is 0 Å². The average molecular weight is 213 g/mol. The Morgan fingerprint density at radius 3 is 2.33 bits per heavy atom. The molecule has 0 aromatic carbocycles. The minimum absolute atomic E-state index is 0.0463. The van der Waals surface area contributed by atoms with E-state index in [2.05, 4.69) is 19.2 Å². The molecule has 1 heterocycles. The van der Waals surface area contributed by atoms with Gasteiger partial charge < -0.3 is 10.1 Å². The summed E-state index contributed by atoms with van der Waals surface area (Å²) < 4.78 is 5.51. The normalized spacial score (nSPS) is 27.1. The summed E-state index contributed by atoms with van der Waals surface area (Å²) in [5.74, 6) is 0.275. The molecule has 0 aromatic heterocycles. The fraction of sp³-hybridized carbons (Fsp3) is 0.917. The number of hydrogen-bond acceptors (Lipinski definition) is 3. The Balaban J connectivity index is 2.77. The molecule has 0 radical (unpaired) electrons. The molecule has 3 heteroatoms. The minimum atomic E-state index is -0.387. The van der Waals surface area contributed by atoms with E-state index in [0.717, 1.165) is 19.5 Å². The van der Waals surface area contributed by atoms with Crippen LogP contribution < -0.4 is 5.32 Å². The molecule has 1 atom stereocenters. The SMILES string of the molecule is CC(C)C1(C(=O)OC(C)(C)C)CCNC1. The summed E-state index contributed by atoms with van der Waals surface area (Å²) in [4.78, 5) is 12.2. The van der Waals surface area contributed by atoms with Crippen molar-refractivity contribution in [1.29, 1.82) is 0 Å². The summed E-state index contributed by atoms with van der Waals surface area (Å²) in [7, 11) is 0. The predicted octanol–water partition coefficient (Wildman–Crippen LogP) is 1.96. The Hall–Kier alpha value is -0.570. The second-order valence-electron chi connectivity index (χ2n) is 5.74. The molecule has 0 aliphatic carbocycles. The van der Waals surface area contributed by atoms with Crippen molar-refractivity contribution in [2.24, 2.45) is 11.3 Å². The third-order valence-electron chi connectivity index (χ3n) is 3.10. The van der Waals surface area contributed by atoms with E-state index in [1.165, 1.54) is 0 Å². The Labute approximate surface area is 92.6 Å². The van der Waals surface area contributed by atoms with Gasteiger partial charge in [0.25, 0.3) is 0 Å². The van der Waals surface area contributed by atoms with Gasteiger partial charge >= 0.3 is 5.97 Å². The molecule has 1 N–H and O–H groups in total. The fourth-order valence-corrected chi connectivity index (χ4v) is 1.99. The molecule has 0 aromatic rings. The highest BCUT2D eigenvalue weighted by Crippen LogP contribution is 2.36. The molecule has 1 fully saturated rings. The van der Waals surface area contributed by atoms with Crippen LogP contribution in [0.25, 0.3) is 0 Å². The van der Waals surface area contributed by atoms with Crippen molar-refractivity contribution in [1.82, 2.24) is 5.32 Å². The smallest absolute Gasteiger partial charge is 0.314 e. The van der Waals surface area contributed by atoms with Gasteiger partial charge in [0, 0.05) is 6.54 Å². The number of hydrogen-bond donors (Lipinski definition) is 1. The first kappa shape index (κ1) is 12.5. The van der Waals surface area contributed by atoms with Crippen LogP contribution in [-0.2, 0) is 9.53 Å². The van der Waals surface area contributed by atoms with Crippen molar-refractivity contribution in [3.63, 3.8) is 0 Å². The lowest BCUT2D eigenvalue weighted by Gasteiger charge is -2.33. The lowest BCUT2D eigenvalue weighted by molar-refractivity contribution is -0.169. The van der Waals surface area contributed by atoms with Gasteiger partial charge in [-0.15, -0.1) is 0 Å². The van der Waals surface area contributed by atoms with Crippen molar-refractivity contribution in [2.75, 3.05) is 13.1 Å². The van der Waals surface area contributed by atoms with Gasteiger partial charge in [-0.1, -0.05) is 13.8 Å². The van der Waals surface area contributed by atoms with E-state index in [1.807, 2.05) is 20.8 Å². The van der Waals surface area contributed by atoms with Crippen molar-refractivity contribution in [2.45, 2.75) is 46.6 Å². The Bertz CT molecular complexity index is 234. The highest BCUT2D eigenvalue weighted by atomic mass is 16.6. The van der Waals surface area contributed by atoms with Crippen LogP contribution in [0.2, 0.25) is 0 Å². The number of rotatable bonds is 2. The molecule has 1 aliphatic heterocycles. The van der Waals surface area contributed by atoms with Crippen molar-refractivity contribution in [3.05, 3.63) is 0 Å². The van der Waals surface area contributed by atoms with Gasteiger partial charge in [-0.25, -0.2) is 0 Å². The minimum Gasteiger partial charge on any atom is -0.459 e. The molecule has 15 heavy (non-hydrogen) atoms. The quantitative estimate of drug-likeness (QED) is 0.713. The van der Waals surface area contributed by atoms with Crippen LogP contribution >= 0.6 is 0 Å². The molecule has 0 bridgehead atoms. The summed E-state index contributed by atoms with van der Waals surface area (Å²) in [6, 6.07) is 0. The van der Waals surface area contributed by atoms with E-state index < -0.39 is 0 Å². The van der Waals surface area contributed by atoms with Gasteiger partial charge in [-0.3, -0.25) is 4.79 Å². The average Bonchev–Trinajstić information content (AvgIpc) is 2.48. The third-order valence-corrected chi connectivity index (χ3v) is 3.10. The zero-order chi connectivity index (χ0) is 11.7. The van der Waals surface area contributed by atoms with Gasteiger partial charge in [0.15, 0.2) is 0 Å². The molecule has 0 amide bonds. The van der Waals surface area contributed by atoms with Crippen molar-refractivity contribution in [3.8, 4) is 0 Å². The number of ether oxygens (including phenoxy) is 1. The molecule has 1 unspecified atom stereocenters. The van der Waals surface area contributed by atoms with Crippen LogP contribution in [0.15, 0.2) is 0 Å². The van der Waals surface area contributed by atoms with Gasteiger partial charge in [-0.2, -0.15) is 0 Å². The van der Waals surface area contributed by atoms with Gasteiger partial charge in [-0.05, 0) is 39.7 Å². The van der Waals surface area contributed by atoms with Crippen molar-refractivity contribution >= 4 is 5.97 Å². The Kier molecular flexibility index (Phi) is 3.44. The lowest BCUT2D eigenvalue weighted by atomic mass is 9.76. The second kappa shape index (κ2) is 4.12. The maximum Gasteiger partial charge on any atom is 0.314 e. The lowest BCUT2D eigenvalue weighted by Crippen LogP contribution is -2.43. The van der Waals surface area contributed by atoms with E-state index in [0.29, 0.717) is 5.92 Å². The molecule has 88 valence electrons. The molecular weight excluding hydrogens is 190 g/mol. The molecule has 1 rings (SSSR count). The molecule has 0 saturated carbocycles. The Morgan fingerprint density at radius 2 is 2.00 bits per heavy atom. The first-order chi connectivity index (χ1) is 6.78. The van der Waals surface area contributed by atoms with Crippen LogP contribution in [-0.4, -0.2) is 24.7 Å². The highest BCUT2D eigenvalue weighted by Gasteiger charge is 2.46. The number of carbonyl (C=O) groups excluding carboxylic acids is 1. The zero-order valence-corrected chi connectivity index (χ0v) is 10.5. The van der Waals surface area contributed by atoms with E-state index in [9.17, 15) is 4.79 Å². The van der Waals surface area contributed by atoms with Crippen LogP contribution in [0.4, 0.5) is 0 Å². The maximum absolute atomic E-state index is 12.2. The van der Waals surface area contributed by atoms with Gasteiger partial charge in [0.1, 0.15) is 5.60 Å². The fourth-order valence-electron chi connectivity index (χ4n) is 1.99. The first-order valence-electron chi connectivity index (χ1n) is 5.72. The maximum atomic E-state index is 12.2. The monoisotopic (exact) mass is 213 g/mol. The standard InChI is InChI=1S/C12H23NO2/c1-9(2)12(6-7-13-8-12)10(14)15-11(3,4)5/h9,13H,6-8H2,1-5H3. The molecule has 1 saturated heterocycles.